The molecule has 0 fully saturated rings. The van der Waals surface area contributed by atoms with Crippen LogP contribution in [0.2, 0.25) is 0 Å². The molecule has 9 heteroatoms. The smallest absolute Gasteiger partial charge is 0.344 e. The summed E-state index contributed by atoms with van der Waals surface area (Å²) >= 11 is 3.56. The number of fused-ring (bicyclic) bond motifs is 1. The molecule has 0 radical (unpaired) electrons. The second-order valence-corrected chi connectivity index (χ2v) is 8.62. The summed E-state index contributed by atoms with van der Waals surface area (Å²) in [7, 11) is 0. The Bertz CT molecular complexity index is 1000. The van der Waals surface area contributed by atoms with Gasteiger partial charge in [0.1, 0.15) is 6.61 Å². The Morgan fingerprint density at radius 1 is 1.13 bits per heavy atom. The minimum absolute atomic E-state index is 0.149. The molecule has 0 unspecified atom stereocenters. The number of rotatable bonds is 12. The van der Waals surface area contributed by atoms with Crippen molar-refractivity contribution in [3.05, 3.63) is 47.3 Å². The zero-order chi connectivity index (χ0) is 21.2. The van der Waals surface area contributed by atoms with Crippen molar-refractivity contribution in [2.75, 3.05) is 36.2 Å². The van der Waals surface area contributed by atoms with Crippen LogP contribution < -0.4 is 10.4 Å². The number of hydrogen-bond donors (Lipinski definition) is 0. The first-order valence-electron chi connectivity index (χ1n) is 9.57. The normalized spacial score (nSPS) is 11.0. The lowest BCUT2D eigenvalue weighted by molar-refractivity contribution is -0.142. The Kier molecular flexibility index (Phi) is 8.70. The molecule has 0 bridgehead atoms. The number of carbonyl (C=O) groups excluding carboxylic acids is 1. The van der Waals surface area contributed by atoms with Gasteiger partial charge in [0.25, 0.3) is 0 Å². The van der Waals surface area contributed by atoms with Crippen LogP contribution in [0.5, 0.6) is 5.88 Å². The maximum absolute atomic E-state index is 12.1. The first kappa shape index (κ1) is 22.3. The molecule has 30 heavy (non-hydrogen) atoms. The van der Waals surface area contributed by atoms with Crippen molar-refractivity contribution in [1.29, 1.82) is 0 Å². The molecule has 3 aromatic rings. The maximum Gasteiger partial charge on any atom is 0.344 e. The lowest BCUT2D eigenvalue weighted by atomic mass is 10.1. The van der Waals surface area contributed by atoms with Crippen molar-refractivity contribution in [3.8, 4) is 17.0 Å². The predicted octanol–water partition coefficient (Wildman–Crippen LogP) is 4.25. The van der Waals surface area contributed by atoms with Crippen molar-refractivity contribution in [2.24, 2.45) is 0 Å². The summed E-state index contributed by atoms with van der Waals surface area (Å²) in [5.41, 5.74) is 1.08. The third-order valence-electron chi connectivity index (χ3n) is 4.06. The van der Waals surface area contributed by atoms with E-state index < -0.39 is 5.63 Å². The maximum atomic E-state index is 12.1. The number of ether oxygens (including phenoxy) is 2. The van der Waals surface area contributed by atoms with Gasteiger partial charge in [-0.3, -0.25) is 4.79 Å². The number of nitrogens with zero attached hydrogens (tertiary/aromatic N) is 1. The summed E-state index contributed by atoms with van der Waals surface area (Å²) in [6.07, 6.45) is 4.94. The Hall–Kier alpha value is -2.39. The van der Waals surface area contributed by atoms with Crippen molar-refractivity contribution in [2.45, 2.75) is 13.3 Å². The summed E-state index contributed by atoms with van der Waals surface area (Å²) in [5.74, 6) is 4.00. The number of esters is 1. The molecule has 3 heterocycles. The van der Waals surface area contributed by atoms with Crippen LogP contribution in [-0.4, -0.2) is 47.2 Å². The van der Waals surface area contributed by atoms with Gasteiger partial charge in [0.05, 0.1) is 30.9 Å². The average molecular weight is 450 g/mol. The monoisotopic (exact) mass is 449 g/mol. The van der Waals surface area contributed by atoms with Crippen LogP contribution in [0, 0.1) is 0 Å². The quantitative estimate of drug-likeness (QED) is 0.297. The second kappa shape index (κ2) is 11.7. The van der Waals surface area contributed by atoms with Crippen LogP contribution in [0.25, 0.3) is 22.1 Å². The number of aromatic nitrogens is 1. The molecule has 0 saturated carbocycles. The van der Waals surface area contributed by atoms with E-state index >= 15 is 0 Å². The highest BCUT2D eigenvalue weighted by Crippen LogP contribution is 2.23. The minimum atomic E-state index is -0.433. The molecule has 0 amide bonds. The Morgan fingerprint density at radius 3 is 2.67 bits per heavy atom. The molecule has 160 valence electrons. The third-order valence-corrected chi connectivity index (χ3v) is 6.21. The van der Waals surface area contributed by atoms with E-state index in [9.17, 15) is 9.59 Å². The van der Waals surface area contributed by atoms with E-state index in [-0.39, 0.29) is 5.97 Å². The third kappa shape index (κ3) is 6.56. The van der Waals surface area contributed by atoms with Gasteiger partial charge in [-0.05, 0) is 12.1 Å². The van der Waals surface area contributed by atoms with Crippen LogP contribution in [-0.2, 0) is 9.53 Å². The lowest BCUT2D eigenvalue weighted by Gasteiger charge is -2.07. The largest absolute Gasteiger partial charge is 0.477 e. The summed E-state index contributed by atoms with van der Waals surface area (Å²) < 4.78 is 21.1. The molecular weight excluding hydrogens is 426 g/mol. The fourth-order valence-corrected chi connectivity index (χ4v) is 4.30. The number of pyridine rings is 1. The molecule has 0 aromatic carbocycles. The highest BCUT2D eigenvalue weighted by molar-refractivity contribution is 8.02. The lowest BCUT2D eigenvalue weighted by Crippen LogP contribution is -2.06. The fourth-order valence-electron chi connectivity index (χ4n) is 2.55. The predicted molar refractivity (Wildman–Crippen MR) is 119 cm³/mol. The van der Waals surface area contributed by atoms with E-state index in [0.717, 1.165) is 28.4 Å². The van der Waals surface area contributed by atoms with Gasteiger partial charge in [-0.15, -0.1) is 0 Å². The standard InChI is InChI=1S/C21H23NO6S2/c1-2-20(23)27-6-8-30-10-9-29-7-5-26-19-12-16-11-17(15-3-4-25-14-15)21(24)28-18(16)13-22-19/h3-4,11-14H,2,5-10H2,1H3. The highest BCUT2D eigenvalue weighted by Gasteiger charge is 2.10. The van der Waals surface area contributed by atoms with Crippen molar-refractivity contribution < 1.29 is 23.1 Å². The molecule has 3 rings (SSSR count). The van der Waals surface area contributed by atoms with E-state index in [4.69, 9.17) is 18.3 Å². The molecule has 3 aromatic heterocycles. The van der Waals surface area contributed by atoms with Crippen molar-refractivity contribution in [1.82, 2.24) is 4.98 Å². The van der Waals surface area contributed by atoms with Gasteiger partial charge in [0, 0.05) is 46.4 Å². The number of furan rings is 1. The number of hydrogen-bond acceptors (Lipinski definition) is 9. The van der Waals surface area contributed by atoms with E-state index in [0.29, 0.717) is 42.2 Å². The van der Waals surface area contributed by atoms with Gasteiger partial charge >= 0.3 is 11.6 Å². The highest BCUT2D eigenvalue weighted by atomic mass is 32.2. The minimum Gasteiger partial charge on any atom is -0.477 e. The topological polar surface area (TPSA) is 91.8 Å². The van der Waals surface area contributed by atoms with E-state index in [1.165, 1.54) is 18.7 Å². The summed E-state index contributed by atoms with van der Waals surface area (Å²) in [6, 6.07) is 5.23. The molecular formula is C21H23NO6S2. The summed E-state index contributed by atoms with van der Waals surface area (Å²) in [4.78, 5) is 27.3. The van der Waals surface area contributed by atoms with Gasteiger partial charge in [-0.25, -0.2) is 9.78 Å². The van der Waals surface area contributed by atoms with Crippen LogP contribution in [0.3, 0.4) is 0 Å². The molecule has 0 spiro atoms. The molecule has 0 N–H and O–H groups in total. The van der Waals surface area contributed by atoms with Crippen LogP contribution in [0.1, 0.15) is 13.3 Å². The fraction of sp³-hybridized carbons (Fsp3) is 0.381. The summed E-state index contributed by atoms with van der Waals surface area (Å²) in [5, 5.41) is 0.739. The average Bonchev–Trinajstić information content (AvgIpc) is 3.29. The second-order valence-electron chi connectivity index (χ2n) is 6.17. The van der Waals surface area contributed by atoms with Gasteiger partial charge in [-0.2, -0.15) is 23.5 Å². The van der Waals surface area contributed by atoms with E-state index in [1.807, 2.05) is 0 Å². The molecule has 0 saturated heterocycles. The van der Waals surface area contributed by atoms with Gasteiger partial charge in [0.2, 0.25) is 5.88 Å². The first-order chi connectivity index (χ1) is 14.7. The van der Waals surface area contributed by atoms with E-state index in [2.05, 4.69) is 4.98 Å². The van der Waals surface area contributed by atoms with E-state index in [1.54, 1.807) is 48.6 Å². The SMILES string of the molecule is CCC(=O)OCCSCCSCCOc1cc2cc(-c3ccoc3)c(=O)oc2cn1. The van der Waals surface area contributed by atoms with Gasteiger partial charge in [-0.1, -0.05) is 6.92 Å². The van der Waals surface area contributed by atoms with Crippen molar-refractivity contribution >= 4 is 40.5 Å². The molecule has 0 atom stereocenters. The Morgan fingerprint density at radius 2 is 1.93 bits per heavy atom. The number of carbonyl (C=O) groups is 1. The van der Waals surface area contributed by atoms with Crippen molar-refractivity contribution in [3.63, 3.8) is 0 Å². The zero-order valence-corrected chi connectivity index (χ0v) is 18.3. The Balaban J connectivity index is 1.40. The Labute approximate surface area is 182 Å². The van der Waals surface area contributed by atoms with Crippen LogP contribution in [0.4, 0.5) is 0 Å². The van der Waals surface area contributed by atoms with Crippen LogP contribution in [0.15, 0.2) is 50.6 Å². The zero-order valence-electron chi connectivity index (χ0n) is 16.6. The first-order valence-corrected chi connectivity index (χ1v) is 11.9. The molecule has 7 nitrogen and oxygen atoms in total. The van der Waals surface area contributed by atoms with Gasteiger partial charge < -0.3 is 18.3 Å². The summed E-state index contributed by atoms with van der Waals surface area (Å²) in [6.45, 7) is 2.80. The molecule has 0 aliphatic rings. The molecule has 0 aliphatic heterocycles. The van der Waals surface area contributed by atoms with Gasteiger partial charge in [0.15, 0.2) is 5.58 Å². The number of thioether (sulfide) groups is 2. The molecule has 0 aliphatic carbocycles. The van der Waals surface area contributed by atoms with Crippen LogP contribution >= 0.6 is 23.5 Å².